The van der Waals surface area contributed by atoms with E-state index < -0.39 is 0 Å². The first-order chi connectivity index (χ1) is 6.90. The SMILES string of the molecule is SCCCSc1ccc2c(c1)CCC2. The Morgan fingerprint density at radius 1 is 1.21 bits per heavy atom. The molecule has 1 aromatic carbocycles. The van der Waals surface area contributed by atoms with Gasteiger partial charge in [0.05, 0.1) is 0 Å². The smallest absolute Gasteiger partial charge is 0.00748 e. The Balaban J connectivity index is 1.98. The van der Waals surface area contributed by atoms with Crippen molar-refractivity contribution >= 4 is 24.4 Å². The van der Waals surface area contributed by atoms with Crippen LogP contribution in [0.25, 0.3) is 0 Å². The number of thiol groups is 1. The number of fused-ring (bicyclic) bond motifs is 1. The molecule has 1 aromatic rings. The molecule has 0 saturated heterocycles. The first kappa shape index (κ1) is 10.4. The van der Waals surface area contributed by atoms with Crippen LogP contribution in [0.15, 0.2) is 23.1 Å². The largest absolute Gasteiger partial charge is 0.179 e. The number of hydrogen-bond donors (Lipinski definition) is 1. The molecule has 0 N–H and O–H groups in total. The first-order valence-corrected chi connectivity index (χ1v) is 6.87. The van der Waals surface area contributed by atoms with E-state index in [9.17, 15) is 0 Å². The Morgan fingerprint density at radius 3 is 2.93 bits per heavy atom. The van der Waals surface area contributed by atoms with Gasteiger partial charge >= 0.3 is 0 Å². The Hall–Kier alpha value is -0.0800. The molecule has 0 bridgehead atoms. The molecule has 1 aliphatic carbocycles. The van der Waals surface area contributed by atoms with Crippen LogP contribution in [-0.4, -0.2) is 11.5 Å². The lowest BCUT2D eigenvalue weighted by atomic mass is 10.1. The molecule has 0 aliphatic heterocycles. The summed E-state index contributed by atoms with van der Waals surface area (Å²) in [4.78, 5) is 1.44. The van der Waals surface area contributed by atoms with Gasteiger partial charge in [-0.3, -0.25) is 0 Å². The fourth-order valence-corrected chi connectivity index (χ4v) is 3.18. The second-order valence-electron chi connectivity index (χ2n) is 3.71. The van der Waals surface area contributed by atoms with E-state index >= 15 is 0 Å². The molecule has 2 rings (SSSR count). The highest BCUT2D eigenvalue weighted by atomic mass is 32.2. The van der Waals surface area contributed by atoms with E-state index in [4.69, 9.17) is 0 Å². The van der Waals surface area contributed by atoms with Crippen molar-refractivity contribution in [2.24, 2.45) is 0 Å². The molecule has 2 heteroatoms. The number of aryl methyl sites for hydroxylation is 2. The van der Waals surface area contributed by atoms with E-state index in [0.29, 0.717) is 0 Å². The van der Waals surface area contributed by atoms with E-state index in [1.165, 1.54) is 36.3 Å². The lowest BCUT2D eigenvalue weighted by Crippen LogP contribution is -1.85. The van der Waals surface area contributed by atoms with Gasteiger partial charge in [0.25, 0.3) is 0 Å². The molecule has 0 atom stereocenters. The van der Waals surface area contributed by atoms with Crippen LogP contribution < -0.4 is 0 Å². The van der Waals surface area contributed by atoms with E-state index in [1.807, 2.05) is 11.8 Å². The van der Waals surface area contributed by atoms with Gasteiger partial charge in [-0.25, -0.2) is 0 Å². The Labute approximate surface area is 95.9 Å². The van der Waals surface area contributed by atoms with Crippen LogP contribution in [0.2, 0.25) is 0 Å². The van der Waals surface area contributed by atoms with Gasteiger partial charge in [-0.15, -0.1) is 11.8 Å². The van der Waals surface area contributed by atoms with Crippen molar-refractivity contribution < 1.29 is 0 Å². The quantitative estimate of drug-likeness (QED) is 0.463. The van der Waals surface area contributed by atoms with E-state index in [2.05, 4.69) is 30.8 Å². The summed E-state index contributed by atoms with van der Waals surface area (Å²) in [6.45, 7) is 0. The maximum absolute atomic E-state index is 4.22. The minimum Gasteiger partial charge on any atom is -0.179 e. The molecule has 0 nitrogen and oxygen atoms in total. The van der Waals surface area contributed by atoms with Crippen molar-refractivity contribution in [1.29, 1.82) is 0 Å². The van der Waals surface area contributed by atoms with Gasteiger partial charge < -0.3 is 0 Å². The van der Waals surface area contributed by atoms with Gasteiger partial charge in [0.1, 0.15) is 0 Å². The third-order valence-corrected chi connectivity index (χ3v) is 4.04. The molecule has 76 valence electrons. The number of benzene rings is 1. The van der Waals surface area contributed by atoms with E-state index in [0.717, 1.165) is 5.75 Å². The van der Waals surface area contributed by atoms with Gasteiger partial charge in [0, 0.05) is 4.90 Å². The lowest BCUT2D eigenvalue weighted by molar-refractivity contribution is 0.911. The molecule has 0 heterocycles. The van der Waals surface area contributed by atoms with Gasteiger partial charge in [-0.1, -0.05) is 6.07 Å². The minimum atomic E-state index is 0.998. The summed E-state index contributed by atoms with van der Waals surface area (Å²) in [6, 6.07) is 6.96. The van der Waals surface area contributed by atoms with Crippen LogP contribution in [0, 0.1) is 0 Å². The van der Waals surface area contributed by atoms with Crippen molar-refractivity contribution in [3.8, 4) is 0 Å². The topological polar surface area (TPSA) is 0 Å². The number of hydrogen-bond acceptors (Lipinski definition) is 2. The molecule has 0 radical (unpaired) electrons. The van der Waals surface area contributed by atoms with Crippen LogP contribution in [0.1, 0.15) is 24.0 Å². The first-order valence-electron chi connectivity index (χ1n) is 5.25. The van der Waals surface area contributed by atoms with Crippen LogP contribution in [-0.2, 0) is 12.8 Å². The number of rotatable bonds is 4. The number of thioether (sulfide) groups is 1. The fraction of sp³-hybridized carbons (Fsp3) is 0.500. The van der Waals surface area contributed by atoms with Crippen molar-refractivity contribution in [3.05, 3.63) is 29.3 Å². The van der Waals surface area contributed by atoms with E-state index in [1.54, 1.807) is 11.1 Å². The highest BCUT2D eigenvalue weighted by Crippen LogP contribution is 2.27. The van der Waals surface area contributed by atoms with E-state index in [-0.39, 0.29) is 0 Å². The fourth-order valence-electron chi connectivity index (χ4n) is 1.89. The highest BCUT2D eigenvalue weighted by Gasteiger charge is 2.10. The molecule has 0 fully saturated rings. The summed E-state index contributed by atoms with van der Waals surface area (Å²) < 4.78 is 0. The zero-order valence-electron chi connectivity index (χ0n) is 8.33. The lowest BCUT2D eigenvalue weighted by Gasteiger charge is -2.03. The average molecular weight is 224 g/mol. The molecule has 1 aliphatic rings. The summed E-state index contributed by atoms with van der Waals surface area (Å²) in [5.74, 6) is 2.19. The summed E-state index contributed by atoms with van der Waals surface area (Å²) in [6.07, 6.45) is 5.12. The third-order valence-electron chi connectivity index (χ3n) is 2.64. The second kappa shape index (κ2) is 5.13. The van der Waals surface area contributed by atoms with Crippen molar-refractivity contribution in [2.75, 3.05) is 11.5 Å². The van der Waals surface area contributed by atoms with Crippen LogP contribution in [0.4, 0.5) is 0 Å². The van der Waals surface area contributed by atoms with Gasteiger partial charge in [0.15, 0.2) is 0 Å². The van der Waals surface area contributed by atoms with Crippen molar-refractivity contribution in [3.63, 3.8) is 0 Å². The van der Waals surface area contributed by atoms with Crippen LogP contribution in [0.3, 0.4) is 0 Å². The van der Waals surface area contributed by atoms with Gasteiger partial charge in [0.2, 0.25) is 0 Å². The monoisotopic (exact) mass is 224 g/mol. The summed E-state index contributed by atoms with van der Waals surface area (Å²) in [5.41, 5.74) is 3.16. The summed E-state index contributed by atoms with van der Waals surface area (Å²) >= 11 is 6.18. The average Bonchev–Trinajstić information content (AvgIpc) is 2.65. The predicted molar refractivity (Wildman–Crippen MR) is 67.7 cm³/mol. The molecule has 0 spiro atoms. The summed E-state index contributed by atoms with van der Waals surface area (Å²) in [5, 5.41) is 0. The maximum atomic E-state index is 4.22. The van der Waals surface area contributed by atoms with Crippen molar-refractivity contribution in [1.82, 2.24) is 0 Å². The summed E-state index contributed by atoms with van der Waals surface area (Å²) in [7, 11) is 0. The van der Waals surface area contributed by atoms with Gasteiger partial charge in [-0.05, 0) is 60.4 Å². The standard InChI is InChI=1S/C12H16S2/c13-7-2-8-14-12-6-5-10-3-1-4-11(10)9-12/h5-6,9,13H,1-4,7-8H2. The molecular weight excluding hydrogens is 208 g/mol. The molecule has 0 amide bonds. The third kappa shape index (κ3) is 2.48. The van der Waals surface area contributed by atoms with Crippen molar-refractivity contribution in [2.45, 2.75) is 30.6 Å². The Kier molecular flexibility index (Phi) is 3.82. The molecule has 0 aromatic heterocycles. The molecular formula is C12H16S2. The van der Waals surface area contributed by atoms with Gasteiger partial charge in [-0.2, -0.15) is 12.6 Å². The normalized spacial score (nSPS) is 14.4. The maximum Gasteiger partial charge on any atom is 0.00748 e. The second-order valence-corrected chi connectivity index (χ2v) is 5.33. The Bertz CT molecular complexity index is 307. The zero-order chi connectivity index (χ0) is 9.80. The minimum absolute atomic E-state index is 0.998. The molecule has 0 unspecified atom stereocenters. The zero-order valence-corrected chi connectivity index (χ0v) is 10.0. The Morgan fingerprint density at radius 2 is 2.07 bits per heavy atom. The molecule has 0 saturated carbocycles. The predicted octanol–water partition coefficient (Wildman–Crippen LogP) is 3.59. The molecule has 14 heavy (non-hydrogen) atoms. The van der Waals surface area contributed by atoms with Crippen LogP contribution >= 0.6 is 24.4 Å². The highest BCUT2D eigenvalue weighted by molar-refractivity contribution is 7.99. The van der Waals surface area contributed by atoms with Crippen LogP contribution in [0.5, 0.6) is 0 Å².